The number of carbonyl (C=O) groups is 2. The number of hydrogen-bond donors (Lipinski definition) is 1. The number of anilines is 1. The van der Waals surface area contributed by atoms with Gasteiger partial charge in [0.15, 0.2) is 6.10 Å². The van der Waals surface area contributed by atoms with Crippen LogP contribution in [-0.4, -0.2) is 18.3 Å². The van der Waals surface area contributed by atoms with Gasteiger partial charge in [0.2, 0.25) is 0 Å². The average molecular weight is 205 g/mol. The number of rotatable bonds is 1. The van der Waals surface area contributed by atoms with Crippen LogP contribution in [0.4, 0.5) is 5.69 Å². The Morgan fingerprint density at radius 2 is 2.20 bits per heavy atom. The van der Waals surface area contributed by atoms with E-state index in [-0.39, 0.29) is 5.91 Å². The summed E-state index contributed by atoms with van der Waals surface area (Å²) in [7, 11) is 0. The van der Waals surface area contributed by atoms with Gasteiger partial charge in [-0.25, -0.2) is 0 Å². The number of aldehydes is 1. The van der Waals surface area contributed by atoms with Crippen molar-refractivity contribution in [1.82, 2.24) is 0 Å². The van der Waals surface area contributed by atoms with Gasteiger partial charge in [-0.2, -0.15) is 0 Å². The SMILES string of the molecule is Cc1c(C=O)ccc2c1NC(=O)C(C)O2. The lowest BCUT2D eigenvalue weighted by atomic mass is 10.1. The summed E-state index contributed by atoms with van der Waals surface area (Å²) in [5, 5.41) is 2.73. The molecule has 1 amide bonds. The highest BCUT2D eigenvalue weighted by Gasteiger charge is 2.25. The van der Waals surface area contributed by atoms with Crippen molar-refractivity contribution in [3.05, 3.63) is 23.3 Å². The quantitative estimate of drug-likeness (QED) is 0.707. The van der Waals surface area contributed by atoms with Gasteiger partial charge in [-0.15, -0.1) is 0 Å². The Morgan fingerprint density at radius 3 is 2.87 bits per heavy atom. The van der Waals surface area contributed by atoms with Crippen LogP contribution < -0.4 is 10.1 Å². The van der Waals surface area contributed by atoms with E-state index in [4.69, 9.17) is 4.74 Å². The molecule has 4 nitrogen and oxygen atoms in total. The van der Waals surface area contributed by atoms with Crippen molar-refractivity contribution in [3.8, 4) is 5.75 Å². The summed E-state index contributed by atoms with van der Waals surface area (Å²) in [6.45, 7) is 3.46. The van der Waals surface area contributed by atoms with Gasteiger partial charge in [0, 0.05) is 5.56 Å². The maximum absolute atomic E-state index is 11.4. The number of amides is 1. The molecule has 1 aromatic carbocycles. The van der Waals surface area contributed by atoms with Crippen molar-refractivity contribution in [2.45, 2.75) is 20.0 Å². The van der Waals surface area contributed by atoms with Crippen molar-refractivity contribution < 1.29 is 14.3 Å². The molecule has 1 atom stereocenters. The highest BCUT2D eigenvalue weighted by Crippen LogP contribution is 2.33. The van der Waals surface area contributed by atoms with E-state index in [0.717, 1.165) is 11.8 Å². The first kappa shape index (κ1) is 9.71. The number of carbonyl (C=O) groups excluding carboxylic acids is 2. The molecular formula is C11H11NO3. The molecule has 1 N–H and O–H groups in total. The second-order valence-corrected chi connectivity index (χ2v) is 3.52. The summed E-state index contributed by atoms with van der Waals surface area (Å²) in [6.07, 6.45) is 0.277. The van der Waals surface area contributed by atoms with Crippen LogP contribution >= 0.6 is 0 Å². The lowest BCUT2D eigenvalue weighted by Crippen LogP contribution is -2.34. The van der Waals surface area contributed by atoms with E-state index in [1.165, 1.54) is 0 Å². The molecule has 1 aliphatic rings. The zero-order chi connectivity index (χ0) is 11.0. The third-order valence-electron chi connectivity index (χ3n) is 2.52. The fourth-order valence-corrected chi connectivity index (χ4v) is 1.55. The summed E-state index contributed by atoms with van der Waals surface area (Å²) in [5.41, 5.74) is 1.90. The maximum atomic E-state index is 11.4. The molecule has 0 aliphatic carbocycles. The summed E-state index contributed by atoms with van der Waals surface area (Å²) in [6, 6.07) is 3.38. The van der Waals surface area contributed by atoms with Crippen LogP contribution in [0.2, 0.25) is 0 Å². The first-order valence-electron chi connectivity index (χ1n) is 4.70. The molecule has 0 bridgehead atoms. The Balaban J connectivity index is 2.53. The molecule has 78 valence electrons. The minimum absolute atomic E-state index is 0.186. The first-order valence-corrected chi connectivity index (χ1v) is 4.70. The van der Waals surface area contributed by atoms with Gasteiger partial charge in [-0.3, -0.25) is 9.59 Å². The summed E-state index contributed by atoms with van der Waals surface area (Å²) in [5.74, 6) is 0.429. The Hall–Kier alpha value is -1.84. The third kappa shape index (κ3) is 1.48. The molecule has 1 aromatic rings. The van der Waals surface area contributed by atoms with Gasteiger partial charge in [-0.05, 0) is 31.5 Å². The number of ether oxygens (including phenoxy) is 1. The highest BCUT2D eigenvalue weighted by molar-refractivity contribution is 5.99. The smallest absolute Gasteiger partial charge is 0.265 e. The summed E-state index contributed by atoms with van der Waals surface area (Å²) >= 11 is 0. The van der Waals surface area contributed by atoms with Crippen molar-refractivity contribution >= 4 is 17.9 Å². The van der Waals surface area contributed by atoms with Gasteiger partial charge in [-0.1, -0.05) is 0 Å². The Bertz CT molecular complexity index is 440. The molecule has 0 spiro atoms. The fourth-order valence-electron chi connectivity index (χ4n) is 1.55. The van der Waals surface area contributed by atoms with E-state index in [0.29, 0.717) is 17.0 Å². The van der Waals surface area contributed by atoms with Gasteiger partial charge in [0.05, 0.1) is 5.69 Å². The Morgan fingerprint density at radius 1 is 1.47 bits per heavy atom. The molecule has 0 saturated heterocycles. The van der Waals surface area contributed by atoms with Crippen LogP contribution in [0.5, 0.6) is 5.75 Å². The molecule has 0 saturated carbocycles. The molecule has 0 aromatic heterocycles. The molecule has 15 heavy (non-hydrogen) atoms. The second kappa shape index (κ2) is 3.38. The minimum atomic E-state index is -0.487. The van der Waals surface area contributed by atoms with E-state index in [1.807, 2.05) is 0 Å². The molecule has 1 heterocycles. The lowest BCUT2D eigenvalue weighted by molar-refractivity contribution is -0.122. The topological polar surface area (TPSA) is 55.4 Å². The first-order chi connectivity index (χ1) is 7.13. The number of fused-ring (bicyclic) bond motifs is 1. The van der Waals surface area contributed by atoms with E-state index < -0.39 is 6.10 Å². The van der Waals surface area contributed by atoms with Gasteiger partial charge >= 0.3 is 0 Å². The van der Waals surface area contributed by atoms with Crippen LogP contribution in [0, 0.1) is 6.92 Å². The van der Waals surface area contributed by atoms with Crippen LogP contribution in [-0.2, 0) is 4.79 Å². The van der Waals surface area contributed by atoms with Gasteiger partial charge < -0.3 is 10.1 Å². The van der Waals surface area contributed by atoms with Crippen LogP contribution in [0.1, 0.15) is 22.8 Å². The van der Waals surface area contributed by atoms with Crippen molar-refractivity contribution in [2.75, 3.05) is 5.32 Å². The largest absolute Gasteiger partial charge is 0.479 e. The normalized spacial score (nSPS) is 18.8. The van der Waals surface area contributed by atoms with E-state index in [9.17, 15) is 9.59 Å². The third-order valence-corrected chi connectivity index (χ3v) is 2.52. The van der Waals surface area contributed by atoms with Crippen LogP contribution in [0.15, 0.2) is 12.1 Å². The second-order valence-electron chi connectivity index (χ2n) is 3.52. The van der Waals surface area contributed by atoms with E-state index in [1.54, 1.807) is 26.0 Å². The van der Waals surface area contributed by atoms with Crippen molar-refractivity contribution in [2.24, 2.45) is 0 Å². The molecule has 0 radical (unpaired) electrons. The number of benzene rings is 1. The molecule has 0 fully saturated rings. The van der Waals surface area contributed by atoms with Crippen LogP contribution in [0.3, 0.4) is 0 Å². The zero-order valence-electron chi connectivity index (χ0n) is 8.53. The van der Waals surface area contributed by atoms with Crippen LogP contribution in [0.25, 0.3) is 0 Å². The molecule has 2 rings (SSSR count). The van der Waals surface area contributed by atoms with E-state index in [2.05, 4.69) is 5.32 Å². The Kier molecular flexibility index (Phi) is 2.19. The predicted octanol–water partition coefficient (Wildman–Crippen LogP) is 1.53. The van der Waals surface area contributed by atoms with Crippen molar-refractivity contribution in [3.63, 3.8) is 0 Å². The van der Waals surface area contributed by atoms with E-state index >= 15 is 0 Å². The Labute approximate surface area is 87.2 Å². The van der Waals surface area contributed by atoms with Gasteiger partial charge in [0.25, 0.3) is 5.91 Å². The molecule has 4 heteroatoms. The summed E-state index contributed by atoms with van der Waals surface area (Å²) in [4.78, 5) is 22.1. The fraction of sp³-hybridized carbons (Fsp3) is 0.273. The molecule has 1 unspecified atom stereocenters. The predicted molar refractivity (Wildman–Crippen MR) is 55.3 cm³/mol. The number of nitrogens with one attached hydrogen (secondary N) is 1. The van der Waals surface area contributed by atoms with Gasteiger partial charge in [0.1, 0.15) is 12.0 Å². The standard InChI is InChI=1S/C11H11NO3/c1-6-8(5-13)3-4-9-10(6)12-11(14)7(2)15-9/h3-5,7H,1-2H3,(H,12,14). The molecule has 1 aliphatic heterocycles. The molecular weight excluding hydrogens is 194 g/mol. The lowest BCUT2D eigenvalue weighted by Gasteiger charge is -2.25. The highest BCUT2D eigenvalue weighted by atomic mass is 16.5. The maximum Gasteiger partial charge on any atom is 0.265 e. The summed E-state index contributed by atoms with van der Waals surface area (Å²) < 4.78 is 5.40. The average Bonchev–Trinajstić information content (AvgIpc) is 2.22. The zero-order valence-corrected chi connectivity index (χ0v) is 8.53. The monoisotopic (exact) mass is 205 g/mol. The number of hydrogen-bond acceptors (Lipinski definition) is 3. The van der Waals surface area contributed by atoms with Crippen molar-refractivity contribution in [1.29, 1.82) is 0 Å². The minimum Gasteiger partial charge on any atom is -0.479 e.